The van der Waals surface area contributed by atoms with E-state index in [1.807, 2.05) is 30.5 Å². The van der Waals surface area contributed by atoms with Crippen molar-refractivity contribution in [2.45, 2.75) is 5.03 Å². The number of nitrogen functional groups attached to an aromatic ring is 1. The van der Waals surface area contributed by atoms with Gasteiger partial charge in [0.2, 0.25) is 5.13 Å². The number of hydrogen-bond acceptors (Lipinski definition) is 6. The van der Waals surface area contributed by atoms with Gasteiger partial charge in [-0.25, -0.2) is 4.98 Å². The maximum absolute atomic E-state index is 9.12. The number of para-hydroxylation sites is 1. The standard InChI is InChI=1S/C12H9N5S2/c1-18-11-7(6-13)10(14)17(16-11)12-15-8-4-2-3-5-9(8)19-12/h2-5H,14H2,1H3. The third-order valence-electron chi connectivity index (χ3n) is 2.66. The maximum atomic E-state index is 9.12. The lowest BCUT2D eigenvalue weighted by atomic mass is 10.3. The molecule has 5 nitrogen and oxygen atoms in total. The molecule has 3 rings (SSSR count). The molecule has 0 aliphatic carbocycles. The van der Waals surface area contributed by atoms with Crippen LogP contribution in [0, 0.1) is 11.3 Å². The number of thioether (sulfide) groups is 1. The van der Waals surface area contributed by atoms with Crippen molar-refractivity contribution >= 4 is 39.1 Å². The van der Waals surface area contributed by atoms with Crippen LogP contribution < -0.4 is 5.73 Å². The topological polar surface area (TPSA) is 80.5 Å². The first kappa shape index (κ1) is 12.0. The third kappa shape index (κ3) is 1.85. The zero-order valence-corrected chi connectivity index (χ0v) is 11.6. The molecule has 0 aliphatic rings. The first-order valence-corrected chi connectivity index (χ1v) is 7.47. The third-order valence-corrected chi connectivity index (χ3v) is 4.34. The molecule has 0 aliphatic heterocycles. The number of benzene rings is 1. The van der Waals surface area contributed by atoms with Gasteiger partial charge in [-0.05, 0) is 18.4 Å². The van der Waals surface area contributed by atoms with Crippen LogP contribution in [0.15, 0.2) is 29.3 Å². The van der Waals surface area contributed by atoms with Crippen LogP contribution in [0.2, 0.25) is 0 Å². The fourth-order valence-corrected chi connectivity index (χ4v) is 3.20. The highest BCUT2D eigenvalue weighted by Gasteiger charge is 2.18. The van der Waals surface area contributed by atoms with Crippen molar-refractivity contribution in [1.82, 2.24) is 14.8 Å². The lowest BCUT2D eigenvalue weighted by Crippen LogP contribution is -2.01. The molecule has 0 atom stereocenters. The molecule has 0 radical (unpaired) electrons. The van der Waals surface area contributed by atoms with E-state index in [2.05, 4.69) is 16.2 Å². The van der Waals surface area contributed by atoms with Gasteiger partial charge >= 0.3 is 0 Å². The summed E-state index contributed by atoms with van der Waals surface area (Å²) in [6.45, 7) is 0. The number of nitriles is 1. The summed E-state index contributed by atoms with van der Waals surface area (Å²) in [5.41, 5.74) is 7.29. The molecule has 94 valence electrons. The molecule has 19 heavy (non-hydrogen) atoms. The van der Waals surface area contributed by atoms with Crippen molar-refractivity contribution < 1.29 is 0 Å². The number of fused-ring (bicyclic) bond motifs is 1. The summed E-state index contributed by atoms with van der Waals surface area (Å²) in [6, 6.07) is 9.92. The van der Waals surface area contributed by atoms with Crippen LogP contribution in [0.1, 0.15) is 5.56 Å². The molecule has 2 heterocycles. The summed E-state index contributed by atoms with van der Waals surface area (Å²) in [7, 11) is 0. The zero-order valence-electron chi connectivity index (χ0n) is 9.99. The van der Waals surface area contributed by atoms with Crippen molar-refractivity contribution in [3.63, 3.8) is 0 Å². The highest BCUT2D eigenvalue weighted by atomic mass is 32.2. The van der Waals surface area contributed by atoms with Gasteiger partial charge in [-0.3, -0.25) is 0 Å². The van der Waals surface area contributed by atoms with E-state index < -0.39 is 0 Å². The summed E-state index contributed by atoms with van der Waals surface area (Å²) in [4.78, 5) is 4.49. The Hall–Kier alpha value is -2.04. The Kier molecular flexibility index (Phi) is 2.89. The van der Waals surface area contributed by atoms with Gasteiger partial charge in [-0.2, -0.15) is 15.0 Å². The molecular formula is C12H9N5S2. The van der Waals surface area contributed by atoms with Crippen LogP contribution in [0.25, 0.3) is 15.3 Å². The van der Waals surface area contributed by atoms with E-state index >= 15 is 0 Å². The van der Waals surface area contributed by atoms with Crippen LogP contribution in [-0.4, -0.2) is 21.0 Å². The molecule has 0 saturated carbocycles. The van der Waals surface area contributed by atoms with E-state index in [-0.39, 0.29) is 0 Å². The second kappa shape index (κ2) is 4.57. The fourth-order valence-electron chi connectivity index (χ4n) is 1.75. The van der Waals surface area contributed by atoms with Crippen LogP contribution >= 0.6 is 23.1 Å². The van der Waals surface area contributed by atoms with E-state index in [1.54, 1.807) is 0 Å². The van der Waals surface area contributed by atoms with Crippen molar-refractivity contribution in [3.05, 3.63) is 29.8 Å². The second-order valence-electron chi connectivity index (χ2n) is 3.76. The number of rotatable bonds is 2. The van der Waals surface area contributed by atoms with Gasteiger partial charge in [0.15, 0.2) is 0 Å². The highest BCUT2D eigenvalue weighted by Crippen LogP contribution is 2.30. The molecule has 2 N–H and O–H groups in total. The predicted octanol–water partition coefficient (Wildman–Crippen LogP) is 2.66. The monoisotopic (exact) mass is 287 g/mol. The Morgan fingerprint density at radius 2 is 2.21 bits per heavy atom. The zero-order chi connectivity index (χ0) is 13.4. The minimum atomic E-state index is 0.339. The van der Waals surface area contributed by atoms with Crippen LogP contribution in [0.5, 0.6) is 0 Å². The molecule has 0 unspecified atom stereocenters. The van der Waals surface area contributed by atoms with Crippen molar-refractivity contribution in [3.8, 4) is 11.2 Å². The van der Waals surface area contributed by atoms with E-state index in [0.29, 0.717) is 21.5 Å². The summed E-state index contributed by atoms with van der Waals surface area (Å²) < 4.78 is 2.60. The van der Waals surface area contributed by atoms with Gasteiger partial charge < -0.3 is 5.73 Å². The largest absolute Gasteiger partial charge is 0.382 e. The SMILES string of the molecule is CSc1nn(-c2nc3ccccc3s2)c(N)c1C#N. The van der Waals surface area contributed by atoms with E-state index in [0.717, 1.165) is 10.2 Å². The number of nitrogens with two attached hydrogens (primary N) is 1. The van der Waals surface area contributed by atoms with E-state index in [1.165, 1.54) is 27.8 Å². The van der Waals surface area contributed by atoms with E-state index in [4.69, 9.17) is 11.0 Å². The Morgan fingerprint density at radius 1 is 1.42 bits per heavy atom. The Balaban J connectivity index is 2.22. The summed E-state index contributed by atoms with van der Waals surface area (Å²) >= 11 is 2.90. The molecule has 0 spiro atoms. The van der Waals surface area contributed by atoms with Gasteiger partial charge in [-0.1, -0.05) is 23.5 Å². The predicted molar refractivity (Wildman–Crippen MR) is 77.7 cm³/mol. The lowest BCUT2D eigenvalue weighted by Gasteiger charge is -1.96. The van der Waals surface area contributed by atoms with Gasteiger partial charge in [0.25, 0.3) is 0 Å². The Morgan fingerprint density at radius 3 is 2.84 bits per heavy atom. The normalized spacial score (nSPS) is 10.7. The number of anilines is 1. The van der Waals surface area contributed by atoms with Crippen LogP contribution in [0.3, 0.4) is 0 Å². The smallest absolute Gasteiger partial charge is 0.213 e. The molecule has 0 saturated heterocycles. The molecule has 0 amide bonds. The number of aromatic nitrogens is 3. The average Bonchev–Trinajstić information content (AvgIpc) is 2.98. The van der Waals surface area contributed by atoms with Gasteiger partial charge in [-0.15, -0.1) is 11.8 Å². The highest BCUT2D eigenvalue weighted by molar-refractivity contribution is 7.98. The summed E-state index contributed by atoms with van der Waals surface area (Å²) in [6.07, 6.45) is 1.87. The minimum Gasteiger partial charge on any atom is -0.382 e. The number of thiazole rings is 1. The van der Waals surface area contributed by atoms with Crippen LogP contribution in [0.4, 0.5) is 5.82 Å². The van der Waals surface area contributed by atoms with Crippen molar-refractivity contribution in [1.29, 1.82) is 5.26 Å². The molecule has 0 fully saturated rings. The summed E-state index contributed by atoms with van der Waals surface area (Å²) in [5.74, 6) is 0.339. The van der Waals surface area contributed by atoms with Crippen molar-refractivity contribution in [2.75, 3.05) is 12.0 Å². The Bertz CT molecular complexity index is 763. The molecule has 2 aromatic heterocycles. The summed E-state index contributed by atoms with van der Waals surface area (Å²) in [5, 5.41) is 14.8. The number of hydrogen-bond donors (Lipinski definition) is 1. The number of nitrogens with zero attached hydrogens (tertiary/aromatic N) is 4. The molecule has 1 aromatic carbocycles. The average molecular weight is 287 g/mol. The van der Waals surface area contributed by atoms with Gasteiger partial charge in [0, 0.05) is 0 Å². The van der Waals surface area contributed by atoms with E-state index in [9.17, 15) is 0 Å². The molecule has 3 aromatic rings. The maximum Gasteiger partial charge on any atom is 0.213 e. The van der Waals surface area contributed by atoms with Crippen molar-refractivity contribution in [2.24, 2.45) is 0 Å². The first-order chi connectivity index (χ1) is 9.24. The molecule has 7 heteroatoms. The second-order valence-corrected chi connectivity index (χ2v) is 5.56. The Labute approximate surface area is 117 Å². The molecular weight excluding hydrogens is 278 g/mol. The fraction of sp³-hybridized carbons (Fsp3) is 0.0833. The quantitative estimate of drug-likeness (QED) is 0.733. The first-order valence-electron chi connectivity index (χ1n) is 5.43. The van der Waals surface area contributed by atoms with Gasteiger partial charge in [0.05, 0.1) is 10.2 Å². The van der Waals surface area contributed by atoms with Crippen LogP contribution in [-0.2, 0) is 0 Å². The van der Waals surface area contributed by atoms with Gasteiger partial charge in [0.1, 0.15) is 22.5 Å². The minimum absolute atomic E-state index is 0.339. The lowest BCUT2D eigenvalue weighted by molar-refractivity contribution is 0.840. The molecule has 0 bridgehead atoms.